The van der Waals surface area contributed by atoms with E-state index in [9.17, 15) is 9.90 Å². The van der Waals surface area contributed by atoms with Crippen LogP contribution in [0, 0.1) is 0 Å². The molecule has 4 N–H and O–H groups in total. The molecule has 0 aliphatic carbocycles. The van der Waals surface area contributed by atoms with Gasteiger partial charge in [-0.1, -0.05) is 0 Å². The van der Waals surface area contributed by atoms with Gasteiger partial charge in [-0.15, -0.1) is 0 Å². The number of nitrogens with one attached hydrogen (secondary N) is 3. The number of hydrogen-bond acceptors (Lipinski definition) is 7. The van der Waals surface area contributed by atoms with Gasteiger partial charge in [0.15, 0.2) is 6.29 Å². The number of fused-ring (bicyclic) bond motifs is 2. The molecule has 0 spiro atoms. The van der Waals surface area contributed by atoms with Crippen LogP contribution in [0.4, 0.5) is 10.5 Å². The minimum atomic E-state index is -0.847. The van der Waals surface area contributed by atoms with E-state index < -0.39 is 36.6 Å². The van der Waals surface area contributed by atoms with Crippen molar-refractivity contribution >= 4 is 11.7 Å². The Kier molecular flexibility index (Phi) is 6.28. The summed E-state index contributed by atoms with van der Waals surface area (Å²) in [6.07, 6.45) is -1.77. The molecule has 9 nitrogen and oxygen atoms in total. The van der Waals surface area contributed by atoms with Crippen molar-refractivity contribution in [1.29, 1.82) is 0 Å². The number of aliphatic hydroxyl groups is 1. The number of hydrogen-bond donors (Lipinski definition) is 4. The number of urea groups is 1. The number of methoxy groups -OCH3 is 2. The SMILES string of the molecule is COCCN[C@@H]1[C@@H]2OC[C@H](O2)[C@@H](NC(=O)Nc2ccc(OC)cc2)[C@@H]1O. The minimum Gasteiger partial charge on any atom is -0.497 e. The van der Waals surface area contributed by atoms with Crippen molar-refractivity contribution in [3.8, 4) is 5.75 Å². The molecule has 5 atom stereocenters. The molecule has 0 aromatic heterocycles. The number of carbonyl (C=O) groups is 1. The number of benzene rings is 1. The van der Waals surface area contributed by atoms with Crippen LogP contribution in [0.5, 0.6) is 5.75 Å². The van der Waals surface area contributed by atoms with E-state index in [4.69, 9.17) is 18.9 Å². The summed E-state index contributed by atoms with van der Waals surface area (Å²) in [5, 5.41) is 19.3. The second kappa shape index (κ2) is 8.65. The second-order valence-electron chi connectivity index (χ2n) is 6.19. The van der Waals surface area contributed by atoms with Crippen LogP contribution in [-0.2, 0) is 14.2 Å². The zero-order valence-electron chi connectivity index (χ0n) is 14.8. The summed E-state index contributed by atoms with van der Waals surface area (Å²) in [5.41, 5.74) is 0.616. The van der Waals surface area contributed by atoms with Crippen molar-refractivity contribution in [2.24, 2.45) is 0 Å². The van der Waals surface area contributed by atoms with Gasteiger partial charge in [0, 0.05) is 19.3 Å². The number of amides is 2. The second-order valence-corrected chi connectivity index (χ2v) is 6.19. The van der Waals surface area contributed by atoms with E-state index in [1.807, 2.05) is 0 Å². The predicted octanol–water partition coefficient (Wildman–Crippen LogP) is -0.0941. The van der Waals surface area contributed by atoms with E-state index in [0.717, 1.165) is 0 Å². The van der Waals surface area contributed by atoms with Gasteiger partial charge in [-0.05, 0) is 24.3 Å². The maximum atomic E-state index is 12.3. The van der Waals surface area contributed by atoms with E-state index in [2.05, 4.69) is 16.0 Å². The lowest BCUT2D eigenvalue weighted by Gasteiger charge is -2.39. The van der Waals surface area contributed by atoms with E-state index in [1.165, 1.54) is 0 Å². The highest BCUT2D eigenvalue weighted by atomic mass is 16.7. The number of ether oxygens (including phenoxy) is 4. The van der Waals surface area contributed by atoms with Gasteiger partial charge < -0.3 is 40.0 Å². The highest BCUT2D eigenvalue weighted by molar-refractivity contribution is 5.89. The molecule has 2 aliphatic heterocycles. The summed E-state index contributed by atoms with van der Waals surface area (Å²) in [6, 6.07) is 5.50. The average molecular weight is 367 g/mol. The molecule has 2 fully saturated rings. The van der Waals surface area contributed by atoms with Gasteiger partial charge in [-0.2, -0.15) is 0 Å². The summed E-state index contributed by atoms with van der Waals surface area (Å²) in [5.74, 6) is 0.700. The Morgan fingerprint density at radius 2 is 2.04 bits per heavy atom. The molecule has 144 valence electrons. The van der Waals surface area contributed by atoms with Crippen LogP contribution in [0.1, 0.15) is 0 Å². The molecule has 0 saturated carbocycles. The van der Waals surface area contributed by atoms with Crippen molar-refractivity contribution in [3.05, 3.63) is 24.3 Å². The lowest BCUT2D eigenvalue weighted by atomic mass is 9.96. The zero-order chi connectivity index (χ0) is 18.5. The van der Waals surface area contributed by atoms with Gasteiger partial charge in [0.2, 0.25) is 0 Å². The van der Waals surface area contributed by atoms with Crippen molar-refractivity contribution in [1.82, 2.24) is 10.6 Å². The standard InChI is InChI=1S/C17H25N3O6/c1-23-8-7-18-14-15(21)13(12-9-25-16(14)26-12)20-17(22)19-10-3-5-11(24-2)6-4-10/h3-6,12-16,18,21H,7-9H2,1-2H3,(H2,19,20,22)/t12-,13+,14-,15-,16+/m0/s1. The van der Waals surface area contributed by atoms with Crippen LogP contribution in [-0.4, -0.2) is 75.7 Å². The third-order valence-corrected chi connectivity index (χ3v) is 4.50. The Bertz CT molecular complexity index is 599. The lowest BCUT2D eigenvalue weighted by Crippen LogP contribution is -2.65. The third kappa shape index (κ3) is 4.25. The van der Waals surface area contributed by atoms with E-state index in [1.54, 1.807) is 38.5 Å². The van der Waals surface area contributed by atoms with Gasteiger partial charge >= 0.3 is 6.03 Å². The lowest BCUT2D eigenvalue weighted by molar-refractivity contribution is -0.151. The maximum Gasteiger partial charge on any atom is 0.319 e. The molecule has 9 heteroatoms. The Morgan fingerprint density at radius 3 is 2.73 bits per heavy atom. The predicted molar refractivity (Wildman–Crippen MR) is 93.2 cm³/mol. The fourth-order valence-corrected chi connectivity index (χ4v) is 3.14. The van der Waals surface area contributed by atoms with Crippen molar-refractivity contribution in [2.75, 3.05) is 39.3 Å². The molecule has 1 aromatic carbocycles. The van der Waals surface area contributed by atoms with Gasteiger partial charge in [0.1, 0.15) is 11.9 Å². The fourth-order valence-electron chi connectivity index (χ4n) is 3.14. The van der Waals surface area contributed by atoms with E-state index in [-0.39, 0.29) is 0 Å². The largest absolute Gasteiger partial charge is 0.497 e. The Balaban J connectivity index is 1.58. The first-order valence-corrected chi connectivity index (χ1v) is 8.51. The first-order valence-electron chi connectivity index (χ1n) is 8.51. The Hall–Kier alpha value is -1.91. The molecule has 2 heterocycles. The fraction of sp³-hybridized carbons (Fsp3) is 0.588. The highest BCUT2D eigenvalue weighted by Gasteiger charge is 2.50. The van der Waals surface area contributed by atoms with Crippen molar-refractivity contribution < 1.29 is 28.8 Å². The summed E-state index contributed by atoms with van der Waals surface area (Å²) in [6.45, 7) is 1.35. The van der Waals surface area contributed by atoms with Crippen LogP contribution in [0.2, 0.25) is 0 Å². The molecule has 26 heavy (non-hydrogen) atoms. The van der Waals surface area contributed by atoms with Crippen LogP contribution in [0.3, 0.4) is 0 Å². The summed E-state index contributed by atoms with van der Waals surface area (Å²) < 4.78 is 21.4. The maximum absolute atomic E-state index is 12.3. The van der Waals surface area contributed by atoms with Crippen molar-refractivity contribution in [2.45, 2.75) is 30.6 Å². The number of rotatable bonds is 7. The molecule has 2 aliphatic rings. The highest BCUT2D eigenvalue weighted by Crippen LogP contribution is 2.28. The third-order valence-electron chi connectivity index (χ3n) is 4.50. The van der Waals surface area contributed by atoms with Crippen LogP contribution in [0.15, 0.2) is 24.3 Å². The van der Waals surface area contributed by atoms with Crippen LogP contribution < -0.4 is 20.7 Å². The summed E-state index contributed by atoms with van der Waals surface area (Å²) >= 11 is 0. The topological polar surface area (TPSA) is 110 Å². The van der Waals surface area contributed by atoms with E-state index in [0.29, 0.717) is 31.2 Å². The van der Waals surface area contributed by atoms with E-state index >= 15 is 0 Å². The van der Waals surface area contributed by atoms with Gasteiger partial charge in [0.05, 0.1) is 38.5 Å². The smallest absolute Gasteiger partial charge is 0.319 e. The average Bonchev–Trinajstić information content (AvgIpc) is 3.08. The normalized spacial score (nSPS) is 30.0. The van der Waals surface area contributed by atoms with Gasteiger partial charge in [-0.3, -0.25) is 0 Å². The number of carbonyl (C=O) groups excluding carboxylic acids is 1. The first-order chi connectivity index (χ1) is 12.6. The summed E-state index contributed by atoms with van der Waals surface area (Å²) in [7, 11) is 3.18. The zero-order valence-corrected chi connectivity index (χ0v) is 14.8. The van der Waals surface area contributed by atoms with Crippen molar-refractivity contribution in [3.63, 3.8) is 0 Å². The molecule has 2 amide bonds. The molecule has 1 aromatic rings. The number of anilines is 1. The molecule has 2 bridgehead atoms. The monoisotopic (exact) mass is 367 g/mol. The molecular weight excluding hydrogens is 342 g/mol. The molecule has 0 radical (unpaired) electrons. The Morgan fingerprint density at radius 1 is 1.27 bits per heavy atom. The quantitative estimate of drug-likeness (QED) is 0.499. The molecule has 2 saturated heterocycles. The Labute approximate surface area is 151 Å². The molecule has 0 unspecified atom stereocenters. The molecule has 3 rings (SSSR count). The van der Waals surface area contributed by atoms with Gasteiger partial charge in [0.25, 0.3) is 0 Å². The minimum absolute atomic E-state index is 0.317. The first kappa shape index (κ1) is 18.9. The summed E-state index contributed by atoms with van der Waals surface area (Å²) in [4.78, 5) is 12.3. The van der Waals surface area contributed by atoms with Crippen LogP contribution >= 0.6 is 0 Å². The number of aliphatic hydroxyl groups excluding tert-OH is 1. The molecular formula is C17H25N3O6. The van der Waals surface area contributed by atoms with Crippen LogP contribution in [0.25, 0.3) is 0 Å². The van der Waals surface area contributed by atoms with Gasteiger partial charge in [-0.25, -0.2) is 4.79 Å².